The van der Waals surface area contributed by atoms with Gasteiger partial charge in [-0.15, -0.1) is 0 Å². The van der Waals surface area contributed by atoms with Crippen LogP contribution in [0.5, 0.6) is 0 Å². The number of rotatable bonds is 17. The van der Waals surface area contributed by atoms with E-state index < -0.39 is 11.2 Å². The molecule has 0 aliphatic carbocycles. The smallest absolute Gasteiger partial charge is 0.306 e. The van der Waals surface area contributed by atoms with Crippen LogP contribution in [0.4, 0.5) is 0 Å². The van der Waals surface area contributed by atoms with Gasteiger partial charge in [0.2, 0.25) is 0 Å². The molecular formula is C26H50O4. The van der Waals surface area contributed by atoms with Gasteiger partial charge in [-0.25, -0.2) is 0 Å². The Kier molecular flexibility index (Phi) is 14.3. The molecular weight excluding hydrogens is 376 g/mol. The summed E-state index contributed by atoms with van der Waals surface area (Å²) < 4.78 is 11.8. The van der Waals surface area contributed by atoms with Crippen LogP contribution in [0.1, 0.15) is 132 Å². The number of hydrogen-bond donors (Lipinski definition) is 0. The van der Waals surface area contributed by atoms with Crippen LogP contribution in [0, 0.1) is 11.8 Å². The lowest BCUT2D eigenvalue weighted by atomic mass is 9.89. The molecule has 0 aliphatic rings. The number of ether oxygens (including phenoxy) is 2. The fourth-order valence-electron chi connectivity index (χ4n) is 4.05. The molecule has 0 N–H and O–H groups in total. The normalized spacial score (nSPS) is 12.5. The Hall–Kier alpha value is -1.06. The van der Waals surface area contributed by atoms with Crippen molar-refractivity contribution in [3.05, 3.63) is 0 Å². The summed E-state index contributed by atoms with van der Waals surface area (Å²) >= 11 is 0. The van der Waals surface area contributed by atoms with Crippen molar-refractivity contribution in [2.24, 2.45) is 11.8 Å². The Labute approximate surface area is 186 Å². The van der Waals surface area contributed by atoms with Gasteiger partial charge in [0.05, 0.1) is 12.8 Å². The molecule has 0 aromatic rings. The van der Waals surface area contributed by atoms with Crippen molar-refractivity contribution in [1.82, 2.24) is 0 Å². The molecule has 0 fully saturated rings. The zero-order chi connectivity index (χ0) is 23.2. The molecule has 0 radical (unpaired) electrons. The maximum Gasteiger partial charge on any atom is 0.306 e. The molecule has 0 saturated heterocycles. The van der Waals surface area contributed by atoms with Gasteiger partial charge in [0.1, 0.15) is 11.2 Å². The molecule has 178 valence electrons. The largest absolute Gasteiger partial charge is 0.459 e. The van der Waals surface area contributed by atoms with Gasteiger partial charge >= 0.3 is 11.9 Å². The number of carbonyl (C=O) groups is 2. The summed E-state index contributed by atoms with van der Waals surface area (Å²) in [6.45, 7) is 17.2. The predicted molar refractivity (Wildman–Crippen MR) is 125 cm³/mol. The van der Waals surface area contributed by atoms with Crippen molar-refractivity contribution in [1.29, 1.82) is 0 Å². The first-order valence-electron chi connectivity index (χ1n) is 12.5. The first-order valence-corrected chi connectivity index (χ1v) is 12.5. The van der Waals surface area contributed by atoms with Gasteiger partial charge < -0.3 is 9.47 Å². The standard InChI is InChI=1S/C26H50O4/c1-9-25(10-2,19-13-15-21(5)6)29-23(27)17-18-24(28)30-26(11-3,12-4)20-14-16-22(7)8/h21-22H,9-20H2,1-8H3. The molecule has 30 heavy (non-hydrogen) atoms. The third kappa shape index (κ3) is 11.4. The maximum absolute atomic E-state index is 12.5. The highest BCUT2D eigenvalue weighted by molar-refractivity contribution is 5.78. The Morgan fingerprint density at radius 2 is 0.933 bits per heavy atom. The van der Waals surface area contributed by atoms with Crippen LogP contribution in [0.3, 0.4) is 0 Å². The minimum Gasteiger partial charge on any atom is -0.459 e. The second kappa shape index (κ2) is 14.9. The van der Waals surface area contributed by atoms with E-state index in [1.165, 1.54) is 0 Å². The van der Waals surface area contributed by atoms with Crippen molar-refractivity contribution >= 4 is 11.9 Å². The molecule has 0 heterocycles. The highest BCUT2D eigenvalue weighted by Crippen LogP contribution is 2.30. The highest BCUT2D eigenvalue weighted by atomic mass is 16.6. The molecule has 0 rings (SSSR count). The second-order valence-electron chi connectivity index (χ2n) is 9.80. The molecule has 0 aromatic carbocycles. The Morgan fingerprint density at radius 3 is 1.17 bits per heavy atom. The zero-order valence-corrected chi connectivity index (χ0v) is 21.3. The minimum atomic E-state index is -0.399. The summed E-state index contributed by atoms with van der Waals surface area (Å²) in [5.41, 5.74) is -0.799. The van der Waals surface area contributed by atoms with Gasteiger partial charge in [-0.3, -0.25) is 9.59 Å². The van der Waals surface area contributed by atoms with Gasteiger partial charge in [-0.2, -0.15) is 0 Å². The summed E-state index contributed by atoms with van der Waals surface area (Å²) in [7, 11) is 0. The monoisotopic (exact) mass is 426 g/mol. The summed E-state index contributed by atoms with van der Waals surface area (Å²) in [5, 5.41) is 0. The SMILES string of the molecule is CCC(CC)(CCCC(C)C)OC(=O)CCC(=O)OC(CC)(CC)CCCC(C)C. The summed E-state index contributed by atoms with van der Waals surface area (Å²) in [5.74, 6) is 0.747. The Bertz CT molecular complexity index is 429. The summed E-state index contributed by atoms with van der Waals surface area (Å²) in [4.78, 5) is 25.0. The fraction of sp³-hybridized carbons (Fsp3) is 0.923. The van der Waals surface area contributed by atoms with Crippen molar-refractivity contribution < 1.29 is 19.1 Å². The lowest BCUT2D eigenvalue weighted by molar-refractivity contribution is -0.169. The molecule has 0 aliphatic heterocycles. The van der Waals surface area contributed by atoms with Crippen LogP contribution in [0.15, 0.2) is 0 Å². The quantitative estimate of drug-likeness (QED) is 0.224. The van der Waals surface area contributed by atoms with E-state index in [2.05, 4.69) is 55.4 Å². The van der Waals surface area contributed by atoms with Gasteiger partial charge in [0.25, 0.3) is 0 Å². The predicted octanol–water partition coefficient (Wildman–Crippen LogP) is 7.62. The van der Waals surface area contributed by atoms with Crippen molar-refractivity contribution in [2.75, 3.05) is 0 Å². The molecule has 4 heteroatoms. The number of carbonyl (C=O) groups excluding carboxylic acids is 2. The second-order valence-corrected chi connectivity index (χ2v) is 9.80. The van der Waals surface area contributed by atoms with Gasteiger partial charge in [-0.05, 0) is 63.2 Å². The molecule has 0 saturated carbocycles. The zero-order valence-electron chi connectivity index (χ0n) is 21.3. The topological polar surface area (TPSA) is 52.6 Å². The van der Waals surface area contributed by atoms with E-state index in [0.717, 1.165) is 64.2 Å². The highest BCUT2D eigenvalue weighted by Gasteiger charge is 2.32. The van der Waals surface area contributed by atoms with Crippen LogP contribution in [-0.4, -0.2) is 23.1 Å². The third-order valence-electron chi connectivity index (χ3n) is 6.60. The van der Waals surface area contributed by atoms with Gasteiger partial charge in [-0.1, -0.05) is 68.2 Å². The summed E-state index contributed by atoms with van der Waals surface area (Å²) in [6.07, 6.45) is 9.59. The molecule has 0 bridgehead atoms. The molecule has 0 spiro atoms. The first kappa shape index (κ1) is 28.9. The lowest BCUT2D eigenvalue weighted by Crippen LogP contribution is -2.35. The van der Waals surface area contributed by atoms with E-state index in [1.807, 2.05) is 0 Å². The average Bonchev–Trinajstić information content (AvgIpc) is 2.70. The fourth-order valence-corrected chi connectivity index (χ4v) is 4.05. The van der Waals surface area contributed by atoms with E-state index in [4.69, 9.17) is 9.47 Å². The van der Waals surface area contributed by atoms with E-state index in [-0.39, 0.29) is 24.8 Å². The van der Waals surface area contributed by atoms with Crippen molar-refractivity contribution in [3.63, 3.8) is 0 Å². The number of esters is 2. The van der Waals surface area contributed by atoms with E-state index in [1.54, 1.807) is 0 Å². The Morgan fingerprint density at radius 1 is 0.633 bits per heavy atom. The van der Waals surface area contributed by atoms with Crippen LogP contribution in [0.2, 0.25) is 0 Å². The molecule has 0 unspecified atom stereocenters. The number of hydrogen-bond acceptors (Lipinski definition) is 4. The van der Waals surface area contributed by atoms with Crippen molar-refractivity contribution in [2.45, 2.75) is 144 Å². The Balaban J connectivity index is 4.68. The minimum absolute atomic E-state index is 0.0975. The lowest BCUT2D eigenvalue weighted by Gasteiger charge is -2.33. The van der Waals surface area contributed by atoms with Crippen LogP contribution in [-0.2, 0) is 19.1 Å². The van der Waals surface area contributed by atoms with E-state index >= 15 is 0 Å². The van der Waals surface area contributed by atoms with Crippen LogP contribution < -0.4 is 0 Å². The van der Waals surface area contributed by atoms with Gasteiger partial charge in [0, 0.05) is 0 Å². The van der Waals surface area contributed by atoms with E-state index in [0.29, 0.717) is 11.8 Å². The van der Waals surface area contributed by atoms with E-state index in [9.17, 15) is 9.59 Å². The molecule has 0 aromatic heterocycles. The van der Waals surface area contributed by atoms with Crippen LogP contribution in [0.25, 0.3) is 0 Å². The molecule has 4 nitrogen and oxygen atoms in total. The molecule has 0 atom stereocenters. The van der Waals surface area contributed by atoms with Crippen molar-refractivity contribution in [3.8, 4) is 0 Å². The van der Waals surface area contributed by atoms with Gasteiger partial charge in [0.15, 0.2) is 0 Å². The maximum atomic E-state index is 12.5. The molecule has 0 amide bonds. The summed E-state index contributed by atoms with van der Waals surface area (Å²) in [6, 6.07) is 0. The average molecular weight is 427 g/mol. The third-order valence-corrected chi connectivity index (χ3v) is 6.60. The van der Waals surface area contributed by atoms with Crippen LogP contribution >= 0.6 is 0 Å². The first-order chi connectivity index (χ1) is 14.1.